The largest absolute Gasteiger partial charge is 0.294 e. The van der Waals surface area contributed by atoms with Gasteiger partial charge in [-0.05, 0) is 13.0 Å². The molecule has 1 rings (SSSR count). The van der Waals surface area contributed by atoms with E-state index in [1.54, 1.807) is 18.2 Å². The Hall–Kier alpha value is 0.733. The van der Waals surface area contributed by atoms with E-state index in [-0.39, 0.29) is 25.3 Å². The molecule has 15 heavy (non-hydrogen) atoms. The second-order valence-corrected chi connectivity index (χ2v) is 5.52. The zero-order valence-electron chi connectivity index (χ0n) is 7.93. The van der Waals surface area contributed by atoms with Gasteiger partial charge < -0.3 is 0 Å². The molecule has 0 radical (unpaired) electrons. The smallest absolute Gasteiger partial charge is 0.217 e. The topological polar surface area (TPSA) is 17.1 Å². The summed E-state index contributed by atoms with van der Waals surface area (Å²) in [6.07, 6.45) is 0. The van der Waals surface area contributed by atoms with Gasteiger partial charge >= 0.3 is 0 Å². The first-order valence-corrected chi connectivity index (χ1v) is 5.32. The zero-order valence-corrected chi connectivity index (χ0v) is 14.1. The second-order valence-electron chi connectivity index (χ2n) is 2.75. The van der Waals surface area contributed by atoms with Gasteiger partial charge in [-0.25, -0.2) is 0 Å². The molecule has 1 nitrogen and oxygen atoms in total. The van der Waals surface area contributed by atoms with Crippen LogP contribution in [0.4, 0.5) is 0 Å². The number of benzene rings is 1. The van der Waals surface area contributed by atoms with Crippen molar-refractivity contribution in [1.29, 1.82) is 0 Å². The van der Waals surface area contributed by atoms with Crippen LogP contribution in [-0.4, -0.2) is 5.78 Å². The molecular formula is C9H7Cl3OSZn. The Bertz CT molecular complexity index is 376. The van der Waals surface area contributed by atoms with Crippen molar-refractivity contribution >= 4 is 53.2 Å². The SMILES string of the molecule is CC(=O)c1cccc(S)c1C(Cl)(Cl)Cl.[Zn]. The van der Waals surface area contributed by atoms with E-state index in [1.165, 1.54) is 6.92 Å². The predicted molar refractivity (Wildman–Crippen MR) is 62.9 cm³/mol. The summed E-state index contributed by atoms with van der Waals surface area (Å²) >= 11 is 21.4. The normalized spacial score (nSPS) is 10.7. The summed E-state index contributed by atoms with van der Waals surface area (Å²) in [4.78, 5) is 11.8. The fourth-order valence-corrected chi connectivity index (χ4v) is 2.31. The van der Waals surface area contributed by atoms with Gasteiger partial charge in [0.05, 0.1) is 0 Å². The molecule has 1 aromatic carbocycles. The Morgan fingerprint density at radius 2 is 1.87 bits per heavy atom. The molecule has 0 spiro atoms. The van der Waals surface area contributed by atoms with Crippen molar-refractivity contribution < 1.29 is 24.3 Å². The maximum absolute atomic E-state index is 11.3. The summed E-state index contributed by atoms with van der Waals surface area (Å²) in [6, 6.07) is 4.98. The van der Waals surface area contributed by atoms with Gasteiger partial charge in [0.1, 0.15) is 0 Å². The number of thiol groups is 1. The molecule has 78 valence electrons. The number of hydrogen-bond acceptors (Lipinski definition) is 2. The Labute approximate surface area is 122 Å². The summed E-state index contributed by atoms with van der Waals surface area (Å²) in [5.74, 6) is -0.151. The maximum atomic E-state index is 11.3. The summed E-state index contributed by atoms with van der Waals surface area (Å²) in [7, 11) is 0. The van der Waals surface area contributed by atoms with Crippen LogP contribution in [0.15, 0.2) is 23.1 Å². The van der Waals surface area contributed by atoms with Crippen LogP contribution in [0.2, 0.25) is 0 Å². The van der Waals surface area contributed by atoms with Crippen molar-refractivity contribution in [2.45, 2.75) is 15.6 Å². The van der Waals surface area contributed by atoms with E-state index in [0.717, 1.165) is 0 Å². The van der Waals surface area contributed by atoms with Crippen LogP contribution in [0.3, 0.4) is 0 Å². The number of alkyl halides is 3. The molecule has 6 heteroatoms. The molecule has 0 heterocycles. The van der Waals surface area contributed by atoms with Crippen molar-refractivity contribution in [3.8, 4) is 0 Å². The molecule has 0 N–H and O–H groups in total. The van der Waals surface area contributed by atoms with Gasteiger partial charge in [0.25, 0.3) is 0 Å². The molecule has 0 atom stereocenters. The number of halogens is 3. The number of carbonyl (C=O) groups is 1. The first-order chi connectivity index (χ1) is 6.34. The molecule has 0 aliphatic rings. The summed E-state index contributed by atoms with van der Waals surface area (Å²) in [5, 5.41) is 0. The number of rotatable bonds is 1. The van der Waals surface area contributed by atoms with Crippen molar-refractivity contribution in [3.05, 3.63) is 29.3 Å². The first-order valence-electron chi connectivity index (χ1n) is 3.74. The monoisotopic (exact) mass is 332 g/mol. The van der Waals surface area contributed by atoms with Crippen LogP contribution in [0.25, 0.3) is 0 Å². The number of Topliss-reactive ketones (excluding diaryl/α,β-unsaturated/α-hetero) is 1. The van der Waals surface area contributed by atoms with E-state index >= 15 is 0 Å². The van der Waals surface area contributed by atoms with Crippen LogP contribution >= 0.6 is 47.4 Å². The van der Waals surface area contributed by atoms with Crippen LogP contribution < -0.4 is 0 Å². The average molecular weight is 335 g/mol. The minimum atomic E-state index is -1.63. The van der Waals surface area contributed by atoms with Crippen LogP contribution in [0.5, 0.6) is 0 Å². The number of hydrogen-bond donors (Lipinski definition) is 1. The Balaban J connectivity index is 0.00000196. The van der Waals surface area contributed by atoms with Gasteiger partial charge in [-0.3, -0.25) is 4.79 Å². The van der Waals surface area contributed by atoms with Gasteiger partial charge in [-0.2, -0.15) is 0 Å². The molecule has 1 aromatic rings. The van der Waals surface area contributed by atoms with Crippen molar-refractivity contribution in [2.75, 3.05) is 0 Å². The van der Waals surface area contributed by atoms with E-state index < -0.39 is 3.79 Å². The molecule has 0 amide bonds. The minimum absolute atomic E-state index is 0. The van der Waals surface area contributed by atoms with E-state index in [0.29, 0.717) is 16.0 Å². The zero-order chi connectivity index (χ0) is 10.9. The third kappa shape index (κ3) is 3.91. The molecule has 0 bridgehead atoms. The van der Waals surface area contributed by atoms with Gasteiger partial charge in [0, 0.05) is 35.5 Å². The Morgan fingerprint density at radius 1 is 1.33 bits per heavy atom. The summed E-state index contributed by atoms with van der Waals surface area (Å²) in [5.41, 5.74) is 0.721. The van der Waals surface area contributed by atoms with E-state index in [4.69, 9.17) is 34.8 Å². The van der Waals surface area contributed by atoms with E-state index in [9.17, 15) is 4.79 Å². The minimum Gasteiger partial charge on any atom is -0.294 e. The first kappa shape index (κ1) is 15.7. The molecule has 0 fully saturated rings. The number of ketones is 1. The van der Waals surface area contributed by atoms with Crippen LogP contribution in [-0.2, 0) is 23.3 Å². The fourth-order valence-electron chi connectivity index (χ4n) is 1.13. The van der Waals surface area contributed by atoms with Crippen LogP contribution in [0.1, 0.15) is 22.8 Å². The molecule has 0 aromatic heterocycles. The maximum Gasteiger partial charge on any atom is 0.217 e. The summed E-state index contributed by atoms with van der Waals surface area (Å²) in [6.45, 7) is 1.42. The second kappa shape index (κ2) is 5.88. The van der Waals surface area contributed by atoms with Gasteiger partial charge in [0.2, 0.25) is 3.79 Å². The predicted octanol–water partition coefficient (Wildman–Crippen LogP) is 4.00. The van der Waals surface area contributed by atoms with E-state index in [2.05, 4.69) is 12.6 Å². The Kier molecular flexibility index (Phi) is 6.17. The molecule has 0 saturated carbocycles. The van der Waals surface area contributed by atoms with Crippen molar-refractivity contribution in [2.24, 2.45) is 0 Å². The number of carbonyl (C=O) groups excluding carboxylic acids is 1. The third-order valence-corrected chi connectivity index (χ3v) is 2.64. The standard InChI is InChI=1S/C9H7Cl3OS.Zn/c1-5(13)6-3-2-4-7(14)8(6)9(10,11)12;/h2-4,14H,1H3;. The molecular weight excluding hydrogens is 328 g/mol. The van der Waals surface area contributed by atoms with Gasteiger partial charge in [-0.1, -0.05) is 46.9 Å². The van der Waals surface area contributed by atoms with Gasteiger partial charge in [0.15, 0.2) is 5.78 Å². The average Bonchev–Trinajstić information content (AvgIpc) is 2.01. The van der Waals surface area contributed by atoms with Gasteiger partial charge in [-0.15, -0.1) is 12.6 Å². The summed E-state index contributed by atoms with van der Waals surface area (Å²) < 4.78 is -1.63. The molecule has 0 aliphatic heterocycles. The van der Waals surface area contributed by atoms with E-state index in [1.807, 2.05) is 0 Å². The fraction of sp³-hybridized carbons (Fsp3) is 0.222. The van der Waals surface area contributed by atoms with Crippen molar-refractivity contribution in [3.63, 3.8) is 0 Å². The molecule has 0 saturated heterocycles. The van der Waals surface area contributed by atoms with Crippen LogP contribution in [0, 0.1) is 0 Å². The third-order valence-electron chi connectivity index (χ3n) is 1.71. The van der Waals surface area contributed by atoms with Crippen molar-refractivity contribution in [1.82, 2.24) is 0 Å². The Morgan fingerprint density at radius 3 is 2.20 bits per heavy atom. The molecule has 0 aliphatic carbocycles. The molecule has 0 unspecified atom stereocenters. The quantitative estimate of drug-likeness (QED) is 0.355.